The van der Waals surface area contributed by atoms with Crippen molar-refractivity contribution in [2.75, 3.05) is 13.2 Å². The van der Waals surface area contributed by atoms with E-state index in [0.29, 0.717) is 12.2 Å². The molecule has 2 aliphatic heterocycles. The monoisotopic (exact) mass is 349 g/mol. The zero-order valence-electron chi connectivity index (χ0n) is 12.5. The number of sulfonamides is 1. The van der Waals surface area contributed by atoms with Gasteiger partial charge in [0.2, 0.25) is 10.0 Å². The smallest absolute Gasteiger partial charge is 0.273 e. The molecule has 1 saturated heterocycles. The highest BCUT2D eigenvalue weighted by Gasteiger charge is 2.44. The van der Waals surface area contributed by atoms with Gasteiger partial charge in [-0.3, -0.25) is 4.79 Å². The quantitative estimate of drug-likeness (QED) is 0.773. The molecule has 3 heterocycles. The van der Waals surface area contributed by atoms with Gasteiger partial charge in [-0.25, -0.2) is 8.42 Å². The number of nitrogens with zero attached hydrogens (tertiary/aromatic N) is 3. The molecule has 0 spiro atoms. The van der Waals surface area contributed by atoms with Crippen LogP contribution in [0.5, 0.6) is 5.75 Å². The summed E-state index contributed by atoms with van der Waals surface area (Å²) >= 11 is 0. The van der Waals surface area contributed by atoms with Crippen molar-refractivity contribution in [1.82, 2.24) is 25.0 Å². The lowest BCUT2D eigenvalue weighted by Crippen LogP contribution is -2.39. The van der Waals surface area contributed by atoms with Crippen molar-refractivity contribution in [1.29, 1.82) is 0 Å². The molecular formula is C14H15N5O4S. The van der Waals surface area contributed by atoms with Gasteiger partial charge in [-0.05, 0) is 18.6 Å². The average Bonchev–Trinajstić information content (AvgIpc) is 3.21. The Morgan fingerprint density at radius 3 is 3.00 bits per heavy atom. The number of para-hydroxylation sites is 1. The normalized spacial score (nSPS) is 25.2. The summed E-state index contributed by atoms with van der Waals surface area (Å²) in [5, 5.41) is 12.5. The zero-order chi connectivity index (χ0) is 16.7. The summed E-state index contributed by atoms with van der Waals surface area (Å²) in [6.07, 6.45) is 1.80. The number of carbonyl (C=O) groups is 1. The zero-order valence-corrected chi connectivity index (χ0v) is 13.4. The summed E-state index contributed by atoms with van der Waals surface area (Å²) in [6, 6.07) is 5.98. The lowest BCUT2D eigenvalue weighted by molar-refractivity contribution is 0.0933. The van der Waals surface area contributed by atoms with Gasteiger partial charge in [0.1, 0.15) is 17.3 Å². The van der Waals surface area contributed by atoms with Crippen molar-refractivity contribution < 1.29 is 17.9 Å². The minimum Gasteiger partial charge on any atom is -0.490 e. The number of aromatic amines is 1. The number of fused-ring (bicyclic) bond motifs is 2. The van der Waals surface area contributed by atoms with Crippen LogP contribution in [0.4, 0.5) is 0 Å². The second-order valence-corrected chi connectivity index (χ2v) is 7.61. The number of H-pyrrole nitrogens is 1. The van der Waals surface area contributed by atoms with Crippen molar-refractivity contribution >= 4 is 15.9 Å². The molecule has 0 radical (unpaired) electrons. The minimum absolute atomic E-state index is 0.163. The number of hydrogen-bond acceptors (Lipinski definition) is 6. The van der Waals surface area contributed by atoms with Gasteiger partial charge in [0.25, 0.3) is 5.91 Å². The van der Waals surface area contributed by atoms with E-state index in [-0.39, 0.29) is 41.7 Å². The maximum Gasteiger partial charge on any atom is 0.273 e. The summed E-state index contributed by atoms with van der Waals surface area (Å²) in [4.78, 5) is 12.2. The number of hydrogen-bond donors (Lipinski definition) is 2. The Morgan fingerprint density at radius 1 is 1.38 bits per heavy atom. The largest absolute Gasteiger partial charge is 0.490 e. The Hall–Kier alpha value is -2.46. The van der Waals surface area contributed by atoms with Gasteiger partial charge in [0, 0.05) is 12.6 Å². The van der Waals surface area contributed by atoms with Crippen molar-refractivity contribution in [3.8, 4) is 5.75 Å². The molecule has 4 rings (SSSR count). The summed E-state index contributed by atoms with van der Waals surface area (Å²) in [5.74, 6) is -0.0137. The first-order valence-corrected chi connectivity index (χ1v) is 8.90. The van der Waals surface area contributed by atoms with E-state index in [1.54, 1.807) is 18.2 Å². The molecule has 10 heteroatoms. The average molecular weight is 349 g/mol. The van der Waals surface area contributed by atoms with E-state index in [2.05, 4.69) is 20.7 Å². The molecule has 1 aromatic carbocycles. The minimum atomic E-state index is -3.66. The van der Waals surface area contributed by atoms with Crippen LogP contribution in [0.25, 0.3) is 0 Å². The van der Waals surface area contributed by atoms with Gasteiger partial charge < -0.3 is 10.1 Å². The second kappa shape index (κ2) is 5.56. The Bertz CT molecular complexity index is 867. The molecule has 1 fully saturated rings. The molecule has 0 unspecified atom stereocenters. The number of rotatable bonds is 2. The van der Waals surface area contributed by atoms with Crippen LogP contribution in [0.3, 0.4) is 0 Å². The van der Waals surface area contributed by atoms with E-state index < -0.39 is 10.0 Å². The molecule has 0 bridgehead atoms. The van der Waals surface area contributed by atoms with E-state index >= 15 is 0 Å². The maximum absolute atomic E-state index is 12.9. The maximum atomic E-state index is 12.9. The van der Waals surface area contributed by atoms with Crippen LogP contribution in [0, 0.1) is 0 Å². The van der Waals surface area contributed by atoms with Crippen LogP contribution >= 0.6 is 0 Å². The van der Waals surface area contributed by atoms with Gasteiger partial charge in [-0.2, -0.15) is 19.7 Å². The topological polar surface area (TPSA) is 117 Å². The van der Waals surface area contributed by atoms with Gasteiger partial charge in [0.05, 0.1) is 12.2 Å². The predicted octanol–water partition coefficient (Wildman–Crippen LogP) is -0.241. The number of amides is 1. The Kier molecular flexibility index (Phi) is 3.50. The first kappa shape index (κ1) is 15.1. The Labute approximate surface area is 138 Å². The standard InChI is InChI=1S/C14H15N5O4S/c20-14(11-6-15-18-17-11)16-9-5-10-8-23-12-3-1-2-4-13(12)24(21,22)19(10)7-9/h1-4,6,9-10H,5,7-8H2,(H,16,20)(H,15,17,18)/t9-,10-/m0/s1. The van der Waals surface area contributed by atoms with Crippen LogP contribution in [0.1, 0.15) is 16.9 Å². The second-order valence-electron chi connectivity index (χ2n) is 5.75. The van der Waals surface area contributed by atoms with Crippen LogP contribution in [0.2, 0.25) is 0 Å². The first-order chi connectivity index (χ1) is 11.6. The van der Waals surface area contributed by atoms with E-state index in [1.165, 1.54) is 16.6 Å². The van der Waals surface area contributed by atoms with Gasteiger partial charge >= 0.3 is 0 Å². The third kappa shape index (κ3) is 2.43. The number of carbonyl (C=O) groups excluding carboxylic acids is 1. The Balaban J connectivity index is 1.56. The highest BCUT2D eigenvalue weighted by atomic mass is 32.2. The van der Waals surface area contributed by atoms with Crippen molar-refractivity contribution in [3.63, 3.8) is 0 Å². The van der Waals surface area contributed by atoms with Crippen molar-refractivity contribution in [2.45, 2.75) is 23.4 Å². The number of aromatic nitrogens is 3. The number of nitrogens with one attached hydrogen (secondary N) is 2. The highest BCUT2D eigenvalue weighted by molar-refractivity contribution is 7.89. The highest BCUT2D eigenvalue weighted by Crippen LogP contribution is 2.35. The molecule has 2 N–H and O–H groups in total. The first-order valence-electron chi connectivity index (χ1n) is 7.46. The molecule has 1 aromatic heterocycles. The third-order valence-corrected chi connectivity index (χ3v) is 6.17. The SMILES string of the molecule is O=C(N[C@H]1C[C@H]2COc3ccccc3S(=O)(=O)N2C1)c1cn[nH]n1. The van der Waals surface area contributed by atoms with Crippen LogP contribution in [0.15, 0.2) is 35.4 Å². The molecule has 0 saturated carbocycles. The van der Waals surface area contributed by atoms with Crippen molar-refractivity contribution in [2.24, 2.45) is 0 Å². The predicted molar refractivity (Wildman–Crippen MR) is 81.9 cm³/mol. The summed E-state index contributed by atoms with van der Waals surface area (Å²) in [5.41, 5.74) is 0.168. The molecule has 24 heavy (non-hydrogen) atoms. The van der Waals surface area contributed by atoms with Gasteiger partial charge in [-0.1, -0.05) is 12.1 Å². The number of benzene rings is 1. The van der Waals surface area contributed by atoms with Gasteiger partial charge in [-0.15, -0.1) is 0 Å². The Morgan fingerprint density at radius 2 is 2.21 bits per heavy atom. The molecule has 9 nitrogen and oxygen atoms in total. The molecule has 126 valence electrons. The molecule has 0 aliphatic carbocycles. The van der Waals surface area contributed by atoms with Crippen LogP contribution in [-0.4, -0.2) is 59.3 Å². The lowest BCUT2D eigenvalue weighted by Gasteiger charge is -2.19. The summed E-state index contributed by atoms with van der Waals surface area (Å²) < 4.78 is 32.8. The number of ether oxygens (including phenoxy) is 1. The van der Waals surface area contributed by atoms with Gasteiger partial charge in [0.15, 0.2) is 5.69 Å². The molecule has 1 amide bonds. The van der Waals surface area contributed by atoms with E-state index in [0.717, 1.165) is 0 Å². The fraction of sp³-hybridized carbons (Fsp3) is 0.357. The van der Waals surface area contributed by atoms with Crippen molar-refractivity contribution in [3.05, 3.63) is 36.2 Å². The molecule has 2 atom stereocenters. The molecular weight excluding hydrogens is 334 g/mol. The van der Waals surface area contributed by atoms with Crippen LogP contribution in [-0.2, 0) is 10.0 Å². The summed E-state index contributed by atoms with van der Waals surface area (Å²) in [7, 11) is -3.66. The fourth-order valence-corrected chi connectivity index (χ4v) is 4.90. The third-order valence-electron chi connectivity index (χ3n) is 4.21. The fourth-order valence-electron chi connectivity index (χ4n) is 3.10. The van der Waals surface area contributed by atoms with E-state index in [1.807, 2.05) is 0 Å². The lowest BCUT2D eigenvalue weighted by atomic mass is 10.2. The molecule has 2 aliphatic rings. The van der Waals surface area contributed by atoms with E-state index in [4.69, 9.17) is 4.74 Å². The van der Waals surface area contributed by atoms with Crippen LogP contribution < -0.4 is 10.1 Å². The summed E-state index contributed by atoms with van der Waals surface area (Å²) in [6.45, 7) is 0.459. The molecule has 2 aromatic rings. The van der Waals surface area contributed by atoms with E-state index in [9.17, 15) is 13.2 Å².